The molecule has 3 nitrogen and oxygen atoms in total. The van der Waals surface area contributed by atoms with E-state index in [0.29, 0.717) is 13.6 Å². The Kier molecular flexibility index (Phi) is 4.82. The van der Waals surface area contributed by atoms with Gasteiger partial charge in [-0.05, 0) is 69.4 Å². The Morgan fingerprint density at radius 3 is 2.33 bits per heavy atom. The van der Waals surface area contributed by atoms with Gasteiger partial charge in [-0.1, -0.05) is 6.92 Å². The summed E-state index contributed by atoms with van der Waals surface area (Å²) in [7, 11) is 0. The molecule has 24 heavy (non-hydrogen) atoms. The minimum atomic E-state index is -0.713. The molecule has 3 rings (SSSR count). The predicted octanol–water partition coefficient (Wildman–Crippen LogP) is 5.42. The van der Waals surface area contributed by atoms with Gasteiger partial charge in [0.05, 0.1) is 18.1 Å². The van der Waals surface area contributed by atoms with Gasteiger partial charge in [-0.3, -0.25) is 4.79 Å². The van der Waals surface area contributed by atoms with Crippen LogP contribution in [0.25, 0.3) is 11.0 Å². The Balaban J connectivity index is 2.29. The largest absolute Gasteiger partial charge is 0.506 e. The molecule has 1 N–H and O–H groups in total. The first kappa shape index (κ1) is 17.6. The average molecular weight is 554 g/mol. The van der Waals surface area contributed by atoms with Crippen molar-refractivity contribution in [2.45, 2.75) is 13.3 Å². The number of phenols is 1. The van der Waals surface area contributed by atoms with E-state index in [4.69, 9.17) is 4.42 Å². The highest BCUT2D eigenvalue weighted by Crippen LogP contribution is 2.34. The topological polar surface area (TPSA) is 50.4 Å². The lowest BCUT2D eigenvalue weighted by atomic mass is 9.99. The number of carbonyl (C=O) groups excluding carboxylic acids is 1. The molecule has 1 aromatic heterocycles. The molecule has 0 atom stereocenters. The van der Waals surface area contributed by atoms with Crippen molar-refractivity contribution >= 4 is 61.9 Å². The Labute approximate surface area is 163 Å². The molecule has 0 radical (unpaired) electrons. The minimum absolute atomic E-state index is 0.0294. The van der Waals surface area contributed by atoms with E-state index in [1.807, 2.05) is 45.2 Å². The average Bonchev–Trinajstić information content (AvgIpc) is 2.95. The summed E-state index contributed by atoms with van der Waals surface area (Å²) >= 11 is 3.82. The molecule has 3 aromatic rings. The zero-order chi connectivity index (χ0) is 17.6. The quantitative estimate of drug-likeness (QED) is 0.348. The van der Waals surface area contributed by atoms with Gasteiger partial charge in [0, 0.05) is 12.0 Å². The lowest BCUT2D eigenvalue weighted by Gasteiger charge is -2.06. The van der Waals surface area contributed by atoms with Crippen LogP contribution in [-0.4, -0.2) is 10.9 Å². The molecule has 0 aliphatic carbocycles. The van der Waals surface area contributed by atoms with E-state index in [0.717, 1.165) is 12.1 Å². The van der Waals surface area contributed by atoms with Crippen molar-refractivity contribution in [1.29, 1.82) is 0 Å². The number of furan rings is 1. The standard InChI is InChI=1S/C17H10F2I2O3/c1-2-12-14(13-8(18)3-4-9(19)17(13)24-12)15(22)7-5-10(20)16(23)11(21)6-7/h3-6,23H,2H2,1H3. The fourth-order valence-electron chi connectivity index (χ4n) is 2.51. The molecule has 0 aliphatic rings. The second-order valence-corrected chi connectivity index (χ2v) is 7.43. The molecule has 0 amide bonds. The maximum Gasteiger partial charge on any atom is 0.197 e. The lowest BCUT2D eigenvalue weighted by Crippen LogP contribution is -2.05. The molecule has 2 aromatic carbocycles. The van der Waals surface area contributed by atoms with Crippen LogP contribution < -0.4 is 0 Å². The molecule has 0 unspecified atom stereocenters. The number of rotatable bonds is 3. The molecular formula is C17H10F2I2O3. The van der Waals surface area contributed by atoms with E-state index in [1.54, 1.807) is 6.92 Å². The first-order chi connectivity index (χ1) is 11.3. The molecule has 0 fully saturated rings. The summed E-state index contributed by atoms with van der Waals surface area (Å²) in [5.41, 5.74) is 0.0582. The van der Waals surface area contributed by atoms with Gasteiger partial charge >= 0.3 is 0 Å². The number of aromatic hydroxyl groups is 1. The van der Waals surface area contributed by atoms with Gasteiger partial charge < -0.3 is 9.52 Å². The Bertz CT molecular complexity index is 957. The summed E-state index contributed by atoms with van der Waals surface area (Å²) in [6, 6.07) is 4.97. The van der Waals surface area contributed by atoms with E-state index >= 15 is 0 Å². The summed E-state index contributed by atoms with van der Waals surface area (Å²) in [6.45, 7) is 1.74. The van der Waals surface area contributed by atoms with Crippen LogP contribution in [-0.2, 0) is 6.42 Å². The number of hydrogen-bond acceptors (Lipinski definition) is 3. The van der Waals surface area contributed by atoms with Crippen LogP contribution in [0, 0.1) is 18.8 Å². The highest BCUT2D eigenvalue weighted by molar-refractivity contribution is 14.1. The summed E-state index contributed by atoms with van der Waals surface area (Å²) < 4.78 is 34.6. The van der Waals surface area contributed by atoms with Gasteiger partial charge in [0.15, 0.2) is 17.2 Å². The molecule has 124 valence electrons. The minimum Gasteiger partial charge on any atom is -0.506 e. The zero-order valence-electron chi connectivity index (χ0n) is 12.3. The van der Waals surface area contributed by atoms with Crippen molar-refractivity contribution < 1.29 is 23.1 Å². The summed E-state index contributed by atoms with van der Waals surface area (Å²) in [5, 5.41) is 9.70. The van der Waals surface area contributed by atoms with Gasteiger partial charge in [-0.15, -0.1) is 0 Å². The summed E-state index contributed by atoms with van der Waals surface area (Å²) in [5.74, 6) is -1.57. The summed E-state index contributed by atoms with van der Waals surface area (Å²) in [4.78, 5) is 12.9. The number of aryl methyl sites for hydroxylation is 1. The van der Waals surface area contributed by atoms with Crippen molar-refractivity contribution in [1.82, 2.24) is 0 Å². The second-order valence-electron chi connectivity index (χ2n) is 5.10. The number of carbonyl (C=O) groups is 1. The van der Waals surface area contributed by atoms with E-state index in [-0.39, 0.29) is 33.6 Å². The first-order valence-corrected chi connectivity index (χ1v) is 9.13. The number of ketones is 1. The molecular weight excluding hydrogens is 544 g/mol. The number of hydrogen-bond donors (Lipinski definition) is 1. The van der Waals surface area contributed by atoms with Crippen molar-refractivity contribution in [2.75, 3.05) is 0 Å². The highest BCUT2D eigenvalue weighted by atomic mass is 127. The maximum absolute atomic E-state index is 14.3. The molecule has 0 saturated carbocycles. The second kappa shape index (κ2) is 6.58. The number of halogens is 4. The van der Waals surface area contributed by atoms with Crippen molar-refractivity contribution in [3.05, 3.63) is 59.9 Å². The van der Waals surface area contributed by atoms with Crippen molar-refractivity contribution in [3.8, 4) is 5.75 Å². The van der Waals surface area contributed by atoms with Crippen LogP contribution in [0.3, 0.4) is 0 Å². The van der Waals surface area contributed by atoms with E-state index in [9.17, 15) is 18.7 Å². The third-order valence-electron chi connectivity index (χ3n) is 3.64. The zero-order valence-corrected chi connectivity index (χ0v) is 16.6. The monoisotopic (exact) mass is 554 g/mol. The van der Waals surface area contributed by atoms with E-state index < -0.39 is 17.4 Å². The van der Waals surface area contributed by atoms with Crippen LogP contribution in [0.15, 0.2) is 28.7 Å². The van der Waals surface area contributed by atoms with Gasteiger partial charge in [-0.25, -0.2) is 8.78 Å². The Morgan fingerprint density at radius 1 is 1.17 bits per heavy atom. The molecule has 1 heterocycles. The van der Waals surface area contributed by atoms with Gasteiger partial charge in [0.25, 0.3) is 0 Å². The molecule has 0 spiro atoms. The third-order valence-corrected chi connectivity index (χ3v) is 5.28. The van der Waals surface area contributed by atoms with Gasteiger partial charge in [0.1, 0.15) is 17.3 Å². The maximum atomic E-state index is 14.3. The fourth-order valence-corrected chi connectivity index (χ4v) is 4.28. The van der Waals surface area contributed by atoms with Gasteiger partial charge in [-0.2, -0.15) is 0 Å². The summed E-state index contributed by atoms with van der Waals surface area (Å²) in [6.07, 6.45) is 0.320. The van der Waals surface area contributed by atoms with Crippen molar-refractivity contribution in [2.24, 2.45) is 0 Å². The van der Waals surface area contributed by atoms with E-state index in [1.165, 1.54) is 12.1 Å². The molecule has 7 heteroatoms. The first-order valence-electron chi connectivity index (χ1n) is 6.97. The van der Waals surface area contributed by atoms with Crippen LogP contribution in [0.5, 0.6) is 5.75 Å². The van der Waals surface area contributed by atoms with Crippen LogP contribution in [0.1, 0.15) is 28.6 Å². The SMILES string of the molecule is CCc1oc2c(F)ccc(F)c2c1C(=O)c1cc(I)c(O)c(I)c1. The Morgan fingerprint density at radius 2 is 1.75 bits per heavy atom. The third kappa shape index (κ3) is 2.81. The molecule has 0 bridgehead atoms. The molecule has 0 aliphatic heterocycles. The van der Waals surface area contributed by atoms with E-state index in [2.05, 4.69) is 0 Å². The van der Waals surface area contributed by atoms with Crippen LogP contribution in [0.2, 0.25) is 0 Å². The number of phenolic OH excluding ortho intramolecular Hbond substituents is 1. The predicted molar refractivity (Wildman–Crippen MR) is 102 cm³/mol. The Hall–Kier alpha value is -1.23. The van der Waals surface area contributed by atoms with Crippen LogP contribution in [0.4, 0.5) is 8.78 Å². The van der Waals surface area contributed by atoms with Gasteiger partial charge in [0.2, 0.25) is 0 Å². The smallest absolute Gasteiger partial charge is 0.197 e. The highest BCUT2D eigenvalue weighted by Gasteiger charge is 2.26. The number of fused-ring (bicyclic) bond motifs is 1. The van der Waals surface area contributed by atoms with Crippen LogP contribution >= 0.6 is 45.2 Å². The fraction of sp³-hybridized carbons (Fsp3) is 0.118. The van der Waals surface area contributed by atoms with Crippen molar-refractivity contribution in [3.63, 3.8) is 0 Å². The number of benzene rings is 2. The normalized spacial score (nSPS) is 11.2. The molecule has 0 saturated heterocycles. The lowest BCUT2D eigenvalue weighted by molar-refractivity contribution is 0.103.